The first kappa shape index (κ1) is 13.6. The standard InChI is InChI=1S/C9H18ClNO2S2/c1-15(12,13)11-5-2-3-9(7-11)8-14-6-4-10/h9H,2-8H2,1H3. The number of hydrogen-bond donors (Lipinski definition) is 0. The van der Waals surface area contributed by atoms with Crippen LogP contribution in [-0.4, -0.2) is 49.5 Å². The molecule has 1 rings (SSSR count). The minimum atomic E-state index is -2.99. The van der Waals surface area contributed by atoms with Crippen LogP contribution in [-0.2, 0) is 10.0 Å². The van der Waals surface area contributed by atoms with E-state index in [-0.39, 0.29) is 0 Å². The second-order valence-electron chi connectivity index (χ2n) is 3.89. The summed E-state index contributed by atoms with van der Waals surface area (Å²) in [7, 11) is -2.99. The van der Waals surface area contributed by atoms with Crippen molar-refractivity contribution in [2.75, 3.05) is 36.7 Å². The molecule has 0 aromatic carbocycles. The van der Waals surface area contributed by atoms with Gasteiger partial charge in [-0.05, 0) is 24.5 Å². The molecule has 1 heterocycles. The number of hydrogen-bond acceptors (Lipinski definition) is 3. The van der Waals surface area contributed by atoms with Crippen LogP contribution in [0.15, 0.2) is 0 Å². The summed E-state index contributed by atoms with van der Waals surface area (Å²) < 4.78 is 24.3. The summed E-state index contributed by atoms with van der Waals surface area (Å²) in [5.41, 5.74) is 0. The van der Waals surface area contributed by atoms with E-state index in [1.54, 1.807) is 4.31 Å². The van der Waals surface area contributed by atoms with Gasteiger partial charge in [-0.2, -0.15) is 11.8 Å². The first-order valence-electron chi connectivity index (χ1n) is 5.13. The maximum atomic E-state index is 11.4. The molecule has 1 atom stereocenters. The van der Waals surface area contributed by atoms with Crippen LogP contribution in [0.3, 0.4) is 0 Å². The van der Waals surface area contributed by atoms with Crippen molar-refractivity contribution in [3.8, 4) is 0 Å². The predicted octanol–water partition coefficient (Wildman–Crippen LogP) is 1.63. The molecule has 0 saturated carbocycles. The van der Waals surface area contributed by atoms with Crippen molar-refractivity contribution in [1.82, 2.24) is 4.31 Å². The molecule has 1 saturated heterocycles. The van der Waals surface area contributed by atoms with Gasteiger partial charge < -0.3 is 0 Å². The van der Waals surface area contributed by atoms with E-state index in [0.29, 0.717) is 24.9 Å². The van der Waals surface area contributed by atoms with Gasteiger partial charge >= 0.3 is 0 Å². The van der Waals surface area contributed by atoms with Gasteiger partial charge in [-0.3, -0.25) is 0 Å². The lowest BCUT2D eigenvalue weighted by Crippen LogP contribution is -2.39. The van der Waals surface area contributed by atoms with E-state index in [1.807, 2.05) is 11.8 Å². The summed E-state index contributed by atoms with van der Waals surface area (Å²) in [6.07, 6.45) is 3.42. The molecule has 1 fully saturated rings. The van der Waals surface area contributed by atoms with E-state index in [0.717, 1.165) is 24.3 Å². The van der Waals surface area contributed by atoms with Gasteiger partial charge in [-0.15, -0.1) is 11.6 Å². The zero-order valence-electron chi connectivity index (χ0n) is 8.99. The number of nitrogens with zero attached hydrogens (tertiary/aromatic N) is 1. The Morgan fingerprint density at radius 2 is 2.27 bits per heavy atom. The molecule has 1 unspecified atom stereocenters. The van der Waals surface area contributed by atoms with E-state index >= 15 is 0 Å². The Morgan fingerprint density at radius 3 is 2.87 bits per heavy atom. The van der Waals surface area contributed by atoms with Crippen molar-refractivity contribution >= 4 is 33.4 Å². The summed E-state index contributed by atoms with van der Waals surface area (Å²) in [5, 5.41) is 0. The monoisotopic (exact) mass is 271 g/mol. The number of thioether (sulfide) groups is 1. The number of halogens is 1. The molecule has 15 heavy (non-hydrogen) atoms. The fourth-order valence-corrected chi connectivity index (χ4v) is 3.92. The van der Waals surface area contributed by atoms with E-state index in [1.165, 1.54) is 6.26 Å². The molecule has 0 N–H and O–H groups in total. The van der Waals surface area contributed by atoms with Crippen molar-refractivity contribution in [3.63, 3.8) is 0 Å². The topological polar surface area (TPSA) is 37.4 Å². The van der Waals surface area contributed by atoms with Crippen molar-refractivity contribution in [3.05, 3.63) is 0 Å². The lowest BCUT2D eigenvalue weighted by atomic mass is 10.0. The van der Waals surface area contributed by atoms with Gasteiger partial charge in [0.1, 0.15) is 0 Å². The molecule has 1 aliphatic rings. The third kappa shape index (κ3) is 4.93. The van der Waals surface area contributed by atoms with E-state index in [2.05, 4.69) is 0 Å². The highest BCUT2D eigenvalue weighted by Gasteiger charge is 2.25. The molecule has 6 heteroatoms. The third-order valence-electron chi connectivity index (χ3n) is 2.53. The Balaban J connectivity index is 2.36. The quantitative estimate of drug-likeness (QED) is 0.563. The highest BCUT2D eigenvalue weighted by molar-refractivity contribution is 7.99. The number of alkyl halides is 1. The average molecular weight is 272 g/mol. The van der Waals surface area contributed by atoms with Crippen LogP contribution in [0.5, 0.6) is 0 Å². The molecular formula is C9H18ClNO2S2. The summed E-state index contributed by atoms with van der Waals surface area (Å²) in [6.45, 7) is 1.38. The number of sulfonamides is 1. The van der Waals surface area contributed by atoms with Crippen LogP contribution in [0.2, 0.25) is 0 Å². The molecule has 0 radical (unpaired) electrons. The maximum Gasteiger partial charge on any atom is 0.211 e. The minimum Gasteiger partial charge on any atom is -0.213 e. The summed E-state index contributed by atoms with van der Waals surface area (Å²) in [6, 6.07) is 0. The molecule has 0 bridgehead atoms. The zero-order chi connectivity index (χ0) is 11.3. The van der Waals surface area contributed by atoms with Crippen LogP contribution in [0.1, 0.15) is 12.8 Å². The van der Waals surface area contributed by atoms with Gasteiger partial charge in [-0.25, -0.2) is 12.7 Å². The predicted molar refractivity (Wildman–Crippen MR) is 67.2 cm³/mol. The fraction of sp³-hybridized carbons (Fsp3) is 1.00. The SMILES string of the molecule is CS(=O)(=O)N1CCCC(CSCCCl)C1. The zero-order valence-corrected chi connectivity index (χ0v) is 11.4. The van der Waals surface area contributed by atoms with E-state index in [9.17, 15) is 8.42 Å². The molecule has 0 aromatic heterocycles. The molecule has 0 aliphatic carbocycles. The summed E-state index contributed by atoms with van der Waals surface area (Å²) in [4.78, 5) is 0. The fourth-order valence-electron chi connectivity index (χ4n) is 1.77. The maximum absolute atomic E-state index is 11.4. The molecule has 90 valence electrons. The highest BCUT2D eigenvalue weighted by Crippen LogP contribution is 2.22. The largest absolute Gasteiger partial charge is 0.213 e. The Kier molecular flexibility index (Phi) is 5.74. The summed E-state index contributed by atoms with van der Waals surface area (Å²) in [5.74, 6) is 3.16. The smallest absolute Gasteiger partial charge is 0.211 e. The van der Waals surface area contributed by atoms with Crippen LogP contribution < -0.4 is 0 Å². The molecule has 3 nitrogen and oxygen atoms in total. The van der Waals surface area contributed by atoms with Gasteiger partial charge in [0.2, 0.25) is 10.0 Å². The van der Waals surface area contributed by atoms with Gasteiger partial charge in [0.25, 0.3) is 0 Å². The Hall–Kier alpha value is 0.550. The van der Waals surface area contributed by atoms with Gasteiger partial charge in [0, 0.05) is 24.7 Å². The molecule has 0 aromatic rings. The van der Waals surface area contributed by atoms with Crippen LogP contribution in [0, 0.1) is 5.92 Å². The Labute approximate surface area is 102 Å². The van der Waals surface area contributed by atoms with Crippen LogP contribution >= 0.6 is 23.4 Å². The number of rotatable bonds is 5. The number of piperidine rings is 1. The van der Waals surface area contributed by atoms with Crippen LogP contribution in [0.25, 0.3) is 0 Å². The van der Waals surface area contributed by atoms with E-state index < -0.39 is 10.0 Å². The van der Waals surface area contributed by atoms with Crippen molar-refractivity contribution < 1.29 is 8.42 Å². The van der Waals surface area contributed by atoms with E-state index in [4.69, 9.17) is 11.6 Å². The van der Waals surface area contributed by atoms with Crippen molar-refractivity contribution in [1.29, 1.82) is 0 Å². The van der Waals surface area contributed by atoms with Crippen molar-refractivity contribution in [2.24, 2.45) is 5.92 Å². The molecule has 0 amide bonds. The highest BCUT2D eigenvalue weighted by atomic mass is 35.5. The Bertz CT molecular complexity index is 282. The summed E-state index contributed by atoms with van der Waals surface area (Å²) >= 11 is 7.41. The average Bonchev–Trinajstić information content (AvgIpc) is 2.17. The molecule has 1 aliphatic heterocycles. The second kappa shape index (κ2) is 6.33. The van der Waals surface area contributed by atoms with Crippen molar-refractivity contribution in [2.45, 2.75) is 12.8 Å². The molecule has 0 spiro atoms. The lowest BCUT2D eigenvalue weighted by molar-refractivity contribution is 0.286. The first-order chi connectivity index (χ1) is 7.04. The van der Waals surface area contributed by atoms with Gasteiger partial charge in [0.15, 0.2) is 0 Å². The third-order valence-corrected chi connectivity index (χ3v) is 5.41. The Morgan fingerprint density at radius 1 is 1.53 bits per heavy atom. The van der Waals surface area contributed by atoms with Crippen LogP contribution in [0.4, 0.5) is 0 Å². The normalized spacial score (nSPS) is 24.3. The minimum absolute atomic E-state index is 0.502. The second-order valence-corrected chi connectivity index (χ2v) is 7.40. The first-order valence-corrected chi connectivity index (χ1v) is 8.66. The van der Waals surface area contributed by atoms with Gasteiger partial charge in [0.05, 0.1) is 6.26 Å². The molecular weight excluding hydrogens is 254 g/mol. The lowest BCUT2D eigenvalue weighted by Gasteiger charge is -2.30. The van der Waals surface area contributed by atoms with Gasteiger partial charge in [-0.1, -0.05) is 0 Å².